The maximum atomic E-state index is 11.4. The molecule has 0 aliphatic rings. The van der Waals surface area contributed by atoms with Crippen LogP contribution >= 0.6 is 11.3 Å². The van der Waals surface area contributed by atoms with Gasteiger partial charge in [-0.25, -0.2) is 0 Å². The van der Waals surface area contributed by atoms with E-state index in [9.17, 15) is 4.79 Å². The van der Waals surface area contributed by atoms with Crippen LogP contribution in [0, 0.1) is 6.92 Å². The molecule has 3 heteroatoms. The van der Waals surface area contributed by atoms with E-state index in [4.69, 9.17) is 5.73 Å². The Labute approximate surface area is 95.5 Å². The lowest BCUT2D eigenvalue weighted by Gasteiger charge is -1.99. The number of anilines is 1. The Morgan fingerprint density at radius 3 is 2.53 bits per heavy atom. The SMILES string of the molecule is CCCCCc1sc(N)c(C(C)=O)c1C. The molecule has 0 aliphatic carbocycles. The van der Waals surface area contributed by atoms with E-state index in [-0.39, 0.29) is 5.78 Å². The second kappa shape index (κ2) is 5.31. The molecule has 0 saturated heterocycles. The molecule has 1 rings (SSSR count). The van der Waals surface area contributed by atoms with Gasteiger partial charge in [0, 0.05) is 4.88 Å². The topological polar surface area (TPSA) is 43.1 Å². The molecular formula is C12H19NOS. The van der Waals surface area contributed by atoms with E-state index in [1.807, 2.05) is 6.92 Å². The number of nitrogens with two attached hydrogens (primary N) is 1. The quantitative estimate of drug-likeness (QED) is 0.615. The van der Waals surface area contributed by atoms with Crippen molar-refractivity contribution in [2.75, 3.05) is 5.73 Å². The summed E-state index contributed by atoms with van der Waals surface area (Å²) in [4.78, 5) is 12.6. The summed E-state index contributed by atoms with van der Waals surface area (Å²) in [5.74, 6) is 0.0861. The Bertz CT molecular complexity index is 355. The molecule has 2 N–H and O–H groups in total. The summed E-state index contributed by atoms with van der Waals surface area (Å²) in [6, 6.07) is 0. The minimum absolute atomic E-state index is 0.0861. The highest BCUT2D eigenvalue weighted by atomic mass is 32.1. The highest BCUT2D eigenvalue weighted by molar-refractivity contribution is 7.16. The molecule has 1 aromatic rings. The van der Waals surface area contributed by atoms with Crippen molar-refractivity contribution in [3.05, 3.63) is 16.0 Å². The van der Waals surface area contributed by atoms with Gasteiger partial charge < -0.3 is 5.73 Å². The van der Waals surface area contributed by atoms with Crippen LogP contribution in [-0.4, -0.2) is 5.78 Å². The molecule has 0 fully saturated rings. The van der Waals surface area contributed by atoms with Crippen molar-refractivity contribution in [1.29, 1.82) is 0 Å². The number of carbonyl (C=O) groups is 1. The van der Waals surface area contributed by atoms with E-state index < -0.39 is 0 Å². The highest BCUT2D eigenvalue weighted by Gasteiger charge is 2.15. The van der Waals surface area contributed by atoms with Gasteiger partial charge in [0.25, 0.3) is 0 Å². The number of rotatable bonds is 5. The first-order chi connectivity index (χ1) is 7.07. The predicted molar refractivity (Wildman–Crippen MR) is 66.7 cm³/mol. The first kappa shape index (κ1) is 12.2. The molecule has 0 saturated carbocycles. The standard InChI is InChI=1S/C12H19NOS/c1-4-5-6-7-10-8(2)11(9(3)14)12(13)15-10/h4-7,13H2,1-3H3. The first-order valence-electron chi connectivity index (χ1n) is 5.46. The molecule has 1 heterocycles. The summed E-state index contributed by atoms with van der Waals surface area (Å²) in [6.07, 6.45) is 4.71. The van der Waals surface area contributed by atoms with Crippen molar-refractivity contribution in [3.63, 3.8) is 0 Å². The molecule has 0 aromatic carbocycles. The summed E-state index contributed by atoms with van der Waals surface area (Å²) in [7, 11) is 0. The van der Waals surface area contributed by atoms with Gasteiger partial charge in [-0.2, -0.15) is 0 Å². The Balaban J connectivity index is 2.82. The van der Waals surface area contributed by atoms with E-state index in [0.717, 1.165) is 17.5 Å². The van der Waals surface area contributed by atoms with E-state index in [0.29, 0.717) is 5.00 Å². The number of nitrogen functional groups attached to an aromatic ring is 1. The van der Waals surface area contributed by atoms with Crippen LogP contribution in [0.3, 0.4) is 0 Å². The number of carbonyl (C=O) groups excluding carboxylic acids is 1. The van der Waals surface area contributed by atoms with Gasteiger partial charge in [-0.3, -0.25) is 4.79 Å². The van der Waals surface area contributed by atoms with Crippen molar-refractivity contribution >= 4 is 22.1 Å². The Morgan fingerprint density at radius 1 is 1.40 bits per heavy atom. The fourth-order valence-electron chi connectivity index (χ4n) is 1.80. The van der Waals surface area contributed by atoms with E-state index in [2.05, 4.69) is 6.92 Å². The second-order valence-electron chi connectivity index (χ2n) is 3.90. The number of thiophene rings is 1. The average Bonchev–Trinajstić information content (AvgIpc) is 2.42. The largest absolute Gasteiger partial charge is 0.390 e. The normalized spacial score (nSPS) is 10.6. The van der Waals surface area contributed by atoms with E-state index in [1.165, 1.54) is 24.1 Å². The molecule has 15 heavy (non-hydrogen) atoms. The van der Waals surface area contributed by atoms with Crippen LogP contribution in [0.25, 0.3) is 0 Å². The highest BCUT2D eigenvalue weighted by Crippen LogP contribution is 2.31. The van der Waals surface area contributed by atoms with Crippen LogP contribution in [-0.2, 0) is 6.42 Å². The molecule has 0 bridgehead atoms. The lowest BCUT2D eigenvalue weighted by molar-refractivity contribution is 0.101. The maximum absolute atomic E-state index is 11.4. The minimum atomic E-state index is 0.0861. The van der Waals surface area contributed by atoms with Gasteiger partial charge in [-0.15, -0.1) is 11.3 Å². The monoisotopic (exact) mass is 225 g/mol. The fraction of sp³-hybridized carbons (Fsp3) is 0.583. The predicted octanol–water partition coefficient (Wildman–Crippen LogP) is 3.57. The lowest BCUT2D eigenvalue weighted by Crippen LogP contribution is -1.97. The lowest BCUT2D eigenvalue weighted by atomic mass is 10.1. The second-order valence-corrected chi connectivity index (χ2v) is 5.04. The van der Waals surface area contributed by atoms with Crippen molar-refractivity contribution in [3.8, 4) is 0 Å². The smallest absolute Gasteiger partial charge is 0.163 e. The maximum Gasteiger partial charge on any atom is 0.163 e. The van der Waals surface area contributed by atoms with Gasteiger partial charge >= 0.3 is 0 Å². The molecule has 1 aromatic heterocycles. The van der Waals surface area contributed by atoms with Crippen molar-refractivity contribution < 1.29 is 4.79 Å². The molecule has 0 radical (unpaired) electrons. The van der Waals surface area contributed by atoms with Gasteiger partial charge in [-0.05, 0) is 32.3 Å². The van der Waals surface area contributed by atoms with Crippen LogP contribution < -0.4 is 5.73 Å². The summed E-state index contributed by atoms with van der Waals surface area (Å²) in [6.45, 7) is 5.78. The zero-order valence-electron chi connectivity index (χ0n) is 9.72. The van der Waals surface area contributed by atoms with Crippen LogP contribution in [0.4, 0.5) is 5.00 Å². The van der Waals surface area contributed by atoms with Gasteiger partial charge in [-0.1, -0.05) is 19.8 Å². The third-order valence-corrected chi connectivity index (χ3v) is 3.81. The summed E-state index contributed by atoms with van der Waals surface area (Å²) < 4.78 is 0. The number of ketones is 1. The molecule has 0 unspecified atom stereocenters. The molecule has 0 aliphatic heterocycles. The van der Waals surface area contributed by atoms with Crippen LogP contribution in [0.1, 0.15) is 53.9 Å². The third kappa shape index (κ3) is 2.81. The molecule has 0 atom stereocenters. The van der Waals surface area contributed by atoms with Gasteiger partial charge in [0.05, 0.1) is 10.6 Å². The van der Waals surface area contributed by atoms with E-state index in [1.54, 1.807) is 18.3 Å². The van der Waals surface area contributed by atoms with Crippen LogP contribution in [0.5, 0.6) is 0 Å². The summed E-state index contributed by atoms with van der Waals surface area (Å²) in [5.41, 5.74) is 7.69. The molecule has 0 spiro atoms. The van der Waals surface area contributed by atoms with Crippen molar-refractivity contribution in [1.82, 2.24) is 0 Å². The Kier molecular flexibility index (Phi) is 4.33. The zero-order valence-corrected chi connectivity index (χ0v) is 10.5. The molecule has 0 amide bonds. The van der Waals surface area contributed by atoms with Gasteiger partial charge in [0.2, 0.25) is 0 Å². The number of hydrogen-bond acceptors (Lipinski definition) is 3. The number of aryl methyl sites for hydroxylation is 1. The van der Waals surface area contributed by atoms with E-state index >= 15 is 0 Å². The molecule has 84 valence electrons. The van der Waals surface area contributed by atoms with Crippen LogP contribution in [0.2, 0.25) is 0 Å². The minimum Gasteiger partial charge on any atom is -0.390 e. The average molecular weight is 225 g/mol. The third-order valence-electron chi connectivity index (χ3n) is 2.63. The number of unbranched alkanes of at least 4 members (excludes halogenated alkanes) is 2. The summed E-state index contributed by atoms with van der Waals surface area (Å²) >= 11 is 1.58. The van der Waals surface area contributed by atoms with Crippen molar-refractivity contribution in [2.45, 2.75) is 46.5 Å². The molecule has 2 nitrogen and oxygen atoms in total. The molecular weight excluding hydrogens is 206 g/mol. The number of Topliss-reactive ketones (excluding diaryl/α,β-unsaturated/α-hetero) is 1. The fourth-order valence-corrected chi connectivity index (χ4v) is 2.96. The Morgan fingerprint density at radius 2 is 2.07 bits per heavy atom. The van der Waals surface area contributed by atoms with Gasteiger partial charge in [0.1, 0.15) is 0 Å². The van der Waals surface area contributed by atoms with Crippen LogP contribution in [0.15, 0.2) is 0 Å². The Hall–Kier alpha value is -0.830. The summed E-state index contributed by atoms with van der Waals surface area (Å²) in [5, 5.41) is 0.687. The first-order valence-corrected chi connectivity index (χ1v) is 6.28. The van der Waals surface area contributed by atoms with Crippen molar-refractivity contribution in [2.24, 2.45) is 0 Å². The number of hydrogen-bond donors (Lipinski definition) is 1. The zero-order chi connectivity index (χ0) is 11.4. The van der Waals surface area contributed by atoms with Gasteiger partial charge in [0.15, 0.2) is 5.78 Å².